The molecule has 0 bridgehead atoms. The zero-order valence-electron chi connectivity index (χ0n) is 11.9. The van der Waals surface area contributed by atoms with Crippen LogP contribution in [0.1, 0.15) is 18.4 Å². The van der Waals surface area contributed by atoms with E-state index in [9.17, 15) is 13.6 Å². The number of para-hydroxylation sites is 1. The van der Waals surface area contributed by atoms with Crippen LogP contribution in [-0.2, 0) is 4.79 Å². The highest BCUT2D eigenvalue weighted by molar-refractivity contribution is 9.10. The first-order valence-corrected chi connectivity index (χ1v) is 8.09. The number of anilines is 1. The van der Waals surface area contributed by atoms with Crippen molar-refractivity contribution in [3.05, 3.63) is 63.1 Å². The van der Waals surface area contributed by atoms with E-state index in [2.05, 4.69) is 21.2 Å². The van der Waals surface area contributed by atoms with Crippen LogP contribution < -0.4 is 5.32 Å². The summed E-state index contributed by atoms with van der Waals surface area (Å²) < 4.78 is 27.5. The van der Waals surface area contributed by atoms with Crippen LogP contribution in [0.25, 0.3) is 0 Å². The molecule has 2 nitrogen and oxygen atoms in total. The monoisotopic (exact) mass is 417 g/mol. The van der Waals surface area contributed by atoms with Crippen LogP contribution in [0.5, 0.6) is 0 Å². The van der Waals surface area contributed by atoms with Crippen LogP contribution >= 0.6 is 39.7 Å². The molecule has 1 N–H and O–H groups in total. The van der Waals surface area contributed by atoms with Gasteiger partial charge in [-0.2, -0.15) is 0 Å². The number of nitrogens with one attached hydrogen (secondary N) is 1. The fourth-order valence-electron chi connectivity index (χ4n) is 2.09. The first-order valence-electron chi connectivity index (χ1n) is 6.51. The highest BCUT2D eigenvalue weighted by atomic mass is 79.9. The molecule has 0 saturated heterocycles. The van der Waals surface area contributed by atoms with Gasteiger partial charge < -0.3 is 5.32 Å². The average molecular weight is 419 g/mol. The normalized spacial score (nSPS) is 11.9. The Kier molecular flexibility index (Phi) is 5.84. The minimum absolute atomic E-state index is 0.00338. The molecule has 0 fully saturated rings. The van der Waals surface area contributed by atoms with E-state index in [-0.39, 0.29) is 21.5 Å². The number of benzene rings is 2. The molecule has 0 aliphatic carbocycles. The van der Waals surface area contributed by atoms with E-state index in [1.54, 1.807) is 0 Å². The Morgan fingerprint density at radius 3 is 2.57 bits per heavy atom. The number of ketones is 1. The van der Waals surface area contributed by atoms with Gasteiger partial charge in [-0.15, -0.1) is 0 Å². The molecule has 7 heteroatoms. The Labute approximate surface area is 151 Å². The van der Waals surface area contributed by atoms with E-state index in [0.29, 0.717) is 10.0 Å². The maximum Gasteiger partial charge on any atom is 0.148 e. The minimum Gasteiger partial charge on any atom is -0.346 e. The lowest BCUT2D eigenvalue weighted by Gasteiger charge is -2.19. The molecule has 2 aromatic carbocycles. The van der Waals surface area contributed by atoms with Crippen LogP contribution in [0.15, 0.2) is 40.9 Å². The summed E-state index contributed by atoms with van der Waals surface area (Å²) in [7, 11) is 0. The third-order valence-electron chi connectivity index (χ3n) is 3.15. The van der Waals surface area contributed by atoms with Gasteiger partial charge in [0.1, 0.15) is 17.4 Å². The smallest absolute Gasteiger partial charge is 0.148 e. The summed E-state index contributed by atoms with van der Waals surface area (Å²) >= 11 is 14.4. The zero-order valence-corrected chi connectivity index (χ0v) is 15.0. The van der Waals surface area contributed by atoms with E-state index in [1.165, 1.54) is 43.3 Å². The van der Waals surface area contributed by atoms with E-state index < -0.39 is 17.6 Å². The van der Waals surface area contributed by atoms with Crippen molar-refractivity contribution < 1.29 is 13.6 Å². The van der Waals surface area contributed by atoms with Crippen LogP contribution in [0.4, 0.5) is 14.5 Å². The quantitative estimate of drug-likeness (QED) is 0.665. The van der Waals surface area contributed by atoms with Gasteiger partial charge in [0.25, 0.3) is 0 Å². The van der Waals surface area contributed by atoms with Gasteiger partial charge in [0, 0.05) is 4.47 Å². The third kappa shape index (κ3) is 4.13. The molecule has 1 atom stereocenters. The van der Waals surface area contributed by atoms with Crippen molar-refractivity contribution in [3.63, 3.8) is 0 Å². The molecule has 120 valence electrons. The molecule has 1 unspecified atom stereocenters. The fraction of sp³-hybridized carbons (Fsp3) is 0.125. The van der Waals surface area contributed by atoms with Gasteiger partial charge in [0.05, 0.1) is 21.6 Å². The number of carbonyl (C=O) groups is 1. The first kappa shape index (κ1) is 18.0. The number of Topliss-reactive ketones (excluding diaryl/α,β-unsaturated/α-hetero) is 1. The Morgan fingerprint density at radius 2 is 2.00 bits per heavy atom. The van der Waals surface area contributed by atoms with Crippen LogP contribution in [0, 0.1) is 11.6 Å². The number of hydrogen-bond donors (Lipinski definition) is 1. The summed E-state index contributed by atoms with van der Waals surface area (Å²) in [6, 6.07) is 8.13. The van der Waals surface area contributed by atoms with E-state index in [4.69, 9.17) is 23.8 Å². The van der Waals surface area contributed by atoms with Crippen molar-refractivity contribution in [1.82, 2.24) is 0 Å². The Bertz CT molecular complexity index is 764. The summed E-state index contributed by atoms with van der Waals surface area (Å²) in [6.07, 6.45) is 0. The number of rotatable bonds is 4. The van der Waals surface area contributed by atoms with Crippen molar-refractivity contribution in [2.75, 3.05) is 5.32 Å². The summed E-state index contributed by atoms with van der Waals surface area (Å²) in [6.45, 7) is 1.36. The molecule has 0 heterocycles. The van der Waals surface area contributed by atoms with Crippen molar-refractivity contribution in [2.45, 2.75) is 12.8 Å². The van der Waals surface area contributed by atoms with Gasteiger partial charge in [-0.1, -0.05) is 51.9 Å². The van der Waals surface area contributed by atoms with Crippen molar-refractivity contribution >= 4 is 56.2 Å². The van der Waals surface area contributed by atoms with Gasteiger partial charge in [-0.25, -0.2) is 8.78 Å². The molecule has 0 saturated carbocycles. The summed E-state index contributed by atoms with van der Waals surface area (Å²) in [5, 5.41) is 2.84. The second kappa shape index (κ2) is 7.47. The molecule has 0 amide bonds. The van der Waals surface area contributed by atoms with E-state index in [1.807, 2.05) is 0 Å². The number of thiocarbonyl (C=S) groups is 1. The molecule has 0 aliphatic heterocycles. The minimum atomic E-state index is -0.851. The Balaban J connectivity index is 2.38. The molecule has 0 aliphatic rings. The predicted molar refractivity (Wildman–Crippen MR) is 95.2 cm³/mol. The van der Waals surface area contributed by atoms with Gasteiger partial charge in [-0.05, 0) is 36.8 Å². The van der Waals surface area contributed by atoms with Crippen molar-refractivity contribution in [1.29, 1.82) is 0 Å². The molecular formula is C16H11BrClF2NOS. The number of hydrogen-bond acceptors (Lipinski definition) is 2. The lowest BCUT2D eigenvalue weighted by molar-refractivity contribution is -0.117. The fourth-order valence-corrected chi connectivity index (χ4v) is 3.28. The summed E-state index contributed by atoms with van der Waals surface area (Å²) in [5.74, 6) is -2.14. The summed E-state index contributed by atoms with van der Waals surface area (Å²) in [4.78, 5) is 12.1. The topological polar surface area (TPSA) is 29.1 Å². The Hall–Kier alpha value is -1.37. The third-order valence-corrected chi connectivity index (χ3v) is 4.49. The molecular weight excluding hydrogens is 408 g/mol. The first-order chi connectivity index (χ1) is 10.8. The predicted octanol–water partition coefficient (Wildman–Crippen LogP) is 5.49. The van der Waals surface area contributed by atoms with E-state index >= 15 is 0 Å². The molecule has 0 radical (unpaired) electrons. The SMILES string of the molecule is CC(=O)C(C(=S)Nc1c(F)cccc1Cl)c1ccc(F)cc1Br. The lowest BCUT2D eigenvalue weighted by atomic mass is 9.95. The lowest BCUT2D eigenvalue weighted by Crippen LogP contribution is -2.25. The zero-order chi connectivity index (χ0) is 17.1. The maximum absolute atomic E-state index is 13.9. The van der Waals surface area contributed by atoms with Gasteiger partial charge >= 0.3 is 0 Å². The molecule has 0 aromatic heterocycles. The van der Waals surface area contributed by atoms with Crippen molar-refractivity contribution in [2.24, 2.45) is 0 Å². The highest BCUT2D eigenvalue weighted by Crippen LogP contribution is 2.31. The van der Waals surface area contributed by atoms with E-state index in [0.717, 1.165) is 0 Å². The average Bonchev–Trinajstić information content (AvgIpc) is 2.45. The van der Waals surface area contributed by atoms with Gasteiger partial charge in [0.15, 0.2) is 0 Å². The van der Waals surface area contributed by atoms with Crippen LogP contribution in [-0.4, -0.2) is 10.8 Å². The van der Waals surface area contributed by atoms with Gasteiger partial charge in [-0.3, -0.25) is 4.79 Å². The second-order valence-corrected chi connectivity index (χ2v) is 6.50. The highest BCUT2D eigenvalue weighted by Gasteiger charge is 2.25. The number of halogens is 4. The second-order valence-electron chi connectivity index (χ2n) is 4.80. The maximum atomic E-state index is 13.9. The standard InChI is InChI=1S/C16H11BrClF2NOS/c1-8(22)14(10-6-5-9(19)7-11(10)17)16(23)21-15-12(18)3-2-4-13(15)20/h2-7,14H,1H3,(H,21,23). The van der Waals surface area contributed by atoms with Crippen molar-refractivity contribution in [3.8, 4) is 0 Å². The van der Waals surface area contributed by atoms with Gasteiger partial charge in [0.2, 0.25) is 0 Å². The molecule has 0 spiro atoms. The van der Waals surface area contributed by atoms with Crippen LogP contribution in [0.2, 0.25) is 5.02 Å². The molecule has 2 rings (SSSR count). The number of carbonyl (C=O) groups excluding carboxylic acids is 1. The Morgan fingerprint density at radius 1 is 1.30 bits per heavy atom. The van der Waals surface area contributed by atoms with Crippen LogP contribution in [0.3, 0.4) is 0 Å². The molecule has 23 heavy (non-hydrogen) atoms. The molecule has 2 aromatic rings. The largest absolute Gasteiger partial charge is 0.346 e. The summed E-state index contributed by atoms with van der Waals surface area (Å²) in [5.41, 5.74) is 0.493.